The van der Waals surface area contributed by atoms with Crippen LogP contribution in [0.25, 0.3) is 0 Å². The van der Waals surface area contributed by atoms with Crippen molar-refractivity contribution in [2.75, 3.05) is 17.2 Å². The van der Waals surface area contributed by atoms with E-state index in [1.165, 1.54) is 0 Å². The molecule has 1 heterocycles. The average molecular weight is 354 g/mol. The smallest absolute Gasteiger partial charge is 0.268 e. The van der Waals surface area contributed by atoms with E-state index in [0.29, 0.717) is 36.6 Å². The summed E-state index contributed by atoms with van der Waals surface area (Å²) in [7, 11) is 0. The van der Waals surface area contributed by atoms with E-state index in [4.69, 9.17) is 9.47 Å². The van der Waals surface area contributed by atoms with Gasteiger partial charge in [0, 0.05) is 12.1 Å². The van der Waals surface area contributed by atoms with Crippen molar-refractivity contribution in [2.45, 2.75) is 32.3 Å². The Morgan fingerprint density at radius 1 is 1.19 bits per heavy atom. The van der Waals surface area contributed by atoms with Crippen LogP contribution in [0.1, 0.15) is 26.7 Å². The van der Waals surface area contributed by atoms with Crippen molar-refractivity contribution in [1.29, 1.82) is 0 Å². The minimum Gasteiger partial charge on any atom is -0.494 e. The largest absolute Gasteiger partial charge is 0.494 e. The zero-order chi connectivity index (χ0) is 18.6. The van der Waals surface area contributed by atoms with Crippen molar-refractivity contribution < 1.29 is 19.1 Å². The summed E-state index contributed by atoms with van der Waals surface area (Å²) in [6, 6.07) is 14.7. The second-order valence-electron chi connectivity index (χ2n) is 6.59. The summed E-state index contributed by atoms with van der Waals surface area (Å²) in [4.78, 5) is 24.0. The molecule has 0 aliphatic carbocycles. The van der Waals surface area contributed by atoms with Gasteiger partial charge in [0.1, 0.15) is 11.5 Å². The fourth-order valence-corrected chi connectivity index (χ4v) is 2.55. The number of hydrogen-bond acceptors (Lipinski definition) is 4. The first-order valence-electron chi connectivity index (χ1n) is 8.56. The summed E-state index contributed by atoms with van der Waals surface area (Å²) in [5.74, 6) is 1.06. The molecule has 26 heavy (non-hydrogen) atoms. The molecule has 0 saturated heterocycles. The van der Waals surface area contributed by atoms with Crippen molar-refractivity contribution in [2.24, 2.45) is 0 Å². The van der Waals surface area contributed by atoms with Gasteiger partial charge in [-0.1, -0.05) is 18.2 Å². The molecule has 0 unspecified atom stereocenters. The van der Waals surface area contributed by atoms with Crippen molar-refractivity contribution in [3.8, 4) is 11.5 Å². The highest BCUT2D eigenvalue weighted by Gasteiger charge is 2.35. The van der Waals surface area contributed by atoms with Gasteiger partial charge in [-0.2, -0.15) is 0 Å². The molecule has 1 aliphatic rings. The van der Waals surface area contributed by atoms with E-state index in [-0.39, 0.29) is 11.8 Å². The molecule has 2 aromatic rings. The number of rotatable bonds is 6. The summed E-state index contributed by atoms with van der Waals surface area (Å²) in [6.45, 7) is 3.89. The monoisotopic (exact) mass is 354 g/mol. The van der Waals surface area contributed by atoms with Crippen LogP contribution in [-0.2, 0) is 9.59 Å². The number of nitrogens with one attached hydrogen (secondary N) is 2. The first-order chi connectivity index (χ1) is 12.4. The van der Waals surface area contributed by atoms with Gasteiger partial charge in [0.05, 0.1) is 12.3 Å². The Balaban J connectivity index is 1.49. The highest BCUT2D eigenvalue weighted by molar-refractivity contribution is 6.01. The number of carbonyl (C=O) groups excluding carboxylic acids is 2. The second kappa shape index (κ2) is 7.47. The molecule has 0 fully saturated rings. The van der Waals surface area contributed by atoms with Gasteiger partial charge in [-0.25, -0.2) is 0 Å². The average Bonchev–Trinajstić information content (AvgIpc) is 2.61. The second-order valence-corrected chi connectivity index (χ2v) is 6.59. The topological polar surface area (TPSA) is 76.7 Å². The molecular weight excluding hydrogens is 332 g/mol. The molecule has 1 aliphatic heterocycles. The summed E-state index contributed by atoms with van der Waals surface area (Å²) in [5, 5.41) is 5.62. The van der Waals surface area contributed by atoms with Crippen LogP contribution >= 0.6 is 0 Å². The minimum absolute atomic E-state index is 0.106. The van der Waals surface area contributed by atoms with E-state index in [2.05, 4.69) is 10.6 Å². The third-order valence-electron chi connectivity index (χ3n) is 3.98. The number of fused-ring (bicyclic) bond motifs is 1. The molecule has 0 spiro atoms. The van der Waals surface area contributed by atoms with Gasteiger partial charge >= 0.3 is 0 Å². The zero-order valence-corrected chi connectivity index (χ0v) is 14.9. The number of benzene rings is 2. The molecule has 136 valence electrons. The van der Waals surface area contributed by atoms with Gasteiger partial charge in [-0.05, 0) is 50.6 Å². The van der Waals surface area contributed by atoms with Gasteiger partial charge in [0.2, 0.25) is 5.91 Å². The number of anilines is 2. The number of carbonyl (C=O) groups is 2. The van der Waals surface area contributed by atoms with E-state index in [1.54, 1.807) is 32.0 Å². The standard InChI is InChI=1S/C20H22N2O4/c1-20(2)19(24)22-16-13-14(10-11-17(16)26-20)21-18(23)9-6-12-25-15-7-4-3-5-8-15/h3-5,7-8,10-11,13H,6,9,12H2,1-2H3,(H,21,23)(H,22,24). The van der Waals surface area contributed by atoms with Crippen molar-refractivity contribution in [1.82, 2.24) is 0 Å². The van der Waals surface area contributed by atoms with Crippen LogP contribution in [0.15, 0.2) is 48.5 Å². The maximum Gasteiger partial charge on any atom is 0.268 e. The molecule has 6 heteroatoms. The lowest BCUT2D eigenvalue weighted by molar-refractivity contribution is -0.129. The Kier molecular flexibility index (Phi) is 5.11. The fraction of sp³-hybridized carbons (Fsp3) is 0.300. The molecule has 0 aromatic heterocycles. The Hall–Kier alpha value is -3.02. The molecule has 6 nitrogen and oxygen atoms in total. The summed E-state index contributed by atoms with van der Waals surface area (Å²) < 4.78 is 11.2. The zero-order valence-electron chi connectivity index (χ0n) is 14.9. The van der Waals surface area contributed by atoms with Gasteiger partial charge in [-0.15, -0.1) is 0 Å². The predicted molar refractivity (Wildman–Crippen MR) is 99.6 cm³/mol. The molecular formula is C20H22N2O4. The van der Waals surface area contributed by atoms with Crippen LogP contribution < -0.4 is 20.1 Å². The maximum absolute atomic E-state index is 12.1. The van der Waals surface area contributed by atoms with Crippen LogP contribution in [-0.4, -0.2) is 24.0 Å². The third-order valence-corrected chi connectivity index (χ3v) is 3.98. The maximum atomic E-state index is 12.1. The normalized spacial score (nSPS) is 14.6. The molecule has 2 amide bonds. The first-order valence-corrected chi connectivity index (χ1v) is 8.56. The predicted octanol–water partition coefficient (Wildman–Crippen LogP) is 3.59. The molecule has 0 bridgehead atoms. The molecule has 2 N–H and O–H groups in total. The molecule has 3 rings (SSSR count). The molecule has 2 aromatic carbocycles. The minimum atomic E-state index is -0.906. The third kappa shape index (κ3) is 4.33. The van der Waals surface area contributed by atoms with Crippen LogP contribution in [0, 0.1) is 0 Å². The number of hydrogen-bond donors (Lipinski definition) is 2. The molecule has 0 radical (unpaired) electrons. The Morgan fingerprint density at radius 3 is 2.73 bits per heavy atom. The van der Waals surface area contributed by atoms with Crippen molar-refractivity contribution >= 4 is 23.2 Å². The van der Waals surface area contributed by atoms with Gasteiger partial charge in [0.15, 0.2) is 5.60 Å². The van der Waals surface area contributed by atoms with Crippen LogP contribution in [0.2, 0.25) is 0 Å². The van der Waals surface area contributed by atoms with E-state index >= 15 is 0 Å². The summed E-state index contributed by atoms with van der Waals surface area (Å²) in [6.07, 6.45) is 0.958. The number of amides is 2. The summed E-state index contributed by atoms with van der Waals surface area (Å²) >= 11 is 0. The SMILES string of the molecule is CC1(C)Oc2ccc(NC(=O)CCCOc3ccccc3)cc2NC1=O. The van der Waals surface area contributed by atoms with Gasteiger partial charge in [0.25, 0.3) is 5.91 Å². The van der Waals surface area contributed by atoms with Crippen molar-refractivity contribution in [3.05, 3.63) is 48.5 Å². The van der Waals surface area contributed by atoms with Crippen LogP contribution in [0.3, 0.4) is 0 Å². The van der Waals surface area contributed by atoms with Crippen LogP contribution in [0.5, 0.6) is 11.5 Å². The highest BCUT2D eigenvalue weighted by atomic mass is 16.5. The Bertz CT molecular complexity index is 803. The number of para-hydroxylation sites is 1. The molecule has 0 atom stereocenters. The quantitative estimate of drug-likeness (QED) is 0.777. The Labute approximate surface area is 152 Å². The van der Waals surface area contributed by atoms with Gasteiger partial charge in [-0.3, -0.25) is 9.59 Å². The van der Waals surface area contributed by atoms with E-state index in [0.717, 1.165) is 5.75 Å². The lowest BCUT2D eigenvalue weighted by Crippen LogP contribution is -2.45. The van der Waals surface area contributed by atoms with E-state index in [9.17, 15) is 9.59 Å². The summed E-state index contributed by atoms with van der Waals surface area (Å²) in [5.41, 5.74) is 0.261. The fourth-order valence-electron chi connectivity index (χ4n) is 2.55. The van der Waals surface area contributed by atoms with E-state index < -0.39 is 5.60 Å². The van der Waals surface area contributed by atoms with Gasteiger partial charge < -0.3 is 20.1 Å². The lowest BCUT2D eigenvalue weighted by atomic mass is 10.1. The van der Waals surface area contributed by atoms with E-state index in [1.807, 2.05) is 30.3 Å². The first kappa shape index (κ1) is 17.8. The number of ether oxygens (including phenoxy) is 2. The molecule has 0 saturated carbocycles. The van der Waals surface area contributed by atoms with Crippen molar-refractivity contribution in [3.63, 3.8) is 0 Å². The van der Waals surface area contributed by atoms with Crippen LogP contribution in [0.4, 0.5) is 11.4 Å². The highest BCUT2D eigenvalue weighted by Crippen LogP contribution is 2.35. The lowest BCUT2D eigenvalue weighted by Gasteiger charge is -2.31. The Morgan fingerprint density at radius 2 is 1.96 bits per heavy atom.